The van der Waals surface area contributed by atoms with E-state index in [-0.39, 0.29) is 5.76 Å². The Balaban J connectivity index is 4.35. The number of amides is 1. The third kappa shape index (κ3) is 3.46. The molecule has 0 spiro atoms. The number of methoxy groups -OCH3 is 2. The van der Waals surface area contributed by atoms with Crippen LogP contribution in [0.25, 0.3) is 0 Å². The minimum atomic E-state index is -1.29. The van der Waals surface area contributed by atoms with E-state index in [1.807, 2.05) is 5.32 Å². The van der Waals surface area contributed by atoms with Gasteiger partial charge in [-0.25, -0.2) is 9.59 Å². The van der Waals surface area contributed by atoms with Gasteiger partial charge in [-0.1, -0.05) is 6.58 Å². The first kappa shape index (κ1) is 11.3. The van der Waals surface area contributed by atoms with Crippen molar-refractivity contribution in [3.05, 3.63) is 12.3 Å². The van der Waals surface area contributed by atoms with Crippen molar-refractivity contribution in [1.82, 2.24) is 5.32 Å². The number of alkyl carbamates (subject to hydrolysis) is 1. The Morgan fingerprint density at radius 3 is 2.23 bits per heavy atom. The minimum absolute atomic E-state index is 0.0714. The monoisotopic (exact) mass is 189 g/mol. The van der Waals surface area contributed by atoms with E-state index in [1.165, 1.54) is 7.11 Å². The highest BCUT2D eigenvalue weighted by Crippen LogP contribution is 2.00. The van der Waals surface area contributed by atoms with Gasteiger partial charge < -0.3 is 19.9 Å². The summed E-state index contributed by atoms with van der Waals surface area (Å²) in [4.78, 5) is 21.2. The molecule has 1 unspecified atom stereocenters. The van der Waals surface area contributed by atoms with E-state index in [0.717, 1.165) is 7.11 Å². The van der Waals surface area contributed by atoms with Crippen molar-refractivity contribution in [3.63, 3.8) is 0 Å². The number of carbonyl (C=O) groups excluding carboxylic acids is 1. The van der Waals surface area contributed by atoms with Crippen molar-refractivity contribution >= 4 is 12.1 Å². The third-order valence-corrected chi connectivity index (χ3v) is 1.28. The molecule has 0 aromatic heterocycles. The van der Waals surface area contributed by atoms with Crippen molar-refractivity contribution in [2.75, 3.05) is 14.2 Å². The van der Waals surface area contributed by atoms with E-state index in [1.54, 1.807) is 0 Å². The molecule has 2 N–H and O–H groups in total. The van der Waals surface area contributed by atoms with Crippen molar-refractivity contribution < 1.29 is 24.2 Å². The first-order valence-electron chi connectivity index (χ1n) is 3.33. The predicted molar refractivity (Wildman–Crippen MR) is 43.1 cm³/mol. The molecule has 1 amide bonds. The van der Waals surface area contributed by atoms with Crippen molar-refractivity contribution in [3.8, 4) is 0 Å². The molecule has 0 fully saturated rings. The Kier molecular flexibility index (Phi) is 4.36. The molecule has 74 valence electrons. The summed E-state index contributed by atoms with van der Waals surface area (Å²) in [6.45, 7) is 3.31. The fraction of sp³-hybridized carbons (Fsp3) is 0.429. The Bertz CT molecular complexity index is 225. The second-order valence-electron chi connectivity index (χ2n) is 2.08. The zero-order chi connectivity index (χ0) is 10.4. The molecule has 0 aliphatic carbocycles. The molecule has 0 aromatic carbocycles. The Labute approximate surface area is 75.1 Å². The lowest BCUT2D eigenvalue weighted by atomic mass is 10.2. The predicted octanol–water partition coefficient (Wildman–Crippen LogP) is -0.0443. The standard InChI is InChI=1S/C7H11NO5/c1-4(12-2)5(6(9)10)8-7(11)13-3/h5H,1H2,2-3H3,(H,8,11)(H,9,10). The molecule has 6 nitrogen and oxygen atoms in total. The van der Waals surface area contributed by atoms with Gasteiger partial charge in [0.05, 0.1) is 14.2 Å². The average Bonchev–Trinajstić information content (AvgIpc) is 2.11. The number of aliphatic carboxylic acids is 1. The van der Waals surface area contributed by atoms with Crippen LogP contribution in [0.5, 0.6) is 0 Å². The number of carboxylic acid groups (broad SMARTS) is 1. The van der Waals surface area contributed by atoms with Gasteiger partial charge in [0.1, 0.15) is 5.76 Å². The normalized spacial score (nSPS) is 11.2. The van der Waals surface area contributed by atoms with Gasteiger partial charge >= 0.3 is 12.1 Å². The summed E-state index contributed by atoms with van der Waals surface area (Å²) < 4.78 is 8.79. The molecular formula is C7H11NO5. The topological polar surface area (TPSA) is 84.9 Å². The van der Waals surface area contributed by atoms with E-state index < -0.39 is 18.1 Å². The zero-order valence-corrected chi connectivity index (χ0v) is 7.36. The van der Waals surface area contributed by atoms with Crippen LogP contribution in [0.15, 0.2) is 12.3 Å². The van der Waals surface area contributed by atoms with Gasteiger partial charge in [-0.3, -0.25) is 0 Å². The van der Waals surface area contributed by atoms with E-state index in [9.17, 15) is 9.59 Å². The molecule has 6 heteroatoms. The molecule has 0 aliphatic rings. The van der Waals surface area contributed by atoms with Crippen LogP contribution in [0.4, 0.5) is 4.79 Å². The van der Waals surface area contributed by atoms with Gasteiger partial charge in [0, 0.05) is 0 Å². The third-order valence-electron chi connectivity index (χ3n) is 1.28. The number of ether oxygens (including phenoxy) is 2. The van der Waals surface area contributed by atoms with Gasteiger partial charge in [0.15, 0.2) is 6.04 Å². The smallest absolute Gasteiger partial charge is 0.407 e. The van der Waals surface area contributed by atoms with E-state index in [2.05, 4.69) is 16.1 Å². The first-order chi connectivity index (χ1) is 6.02. The summed E-state index contributed by atoms with van der Waals surface area (Å²) in [6.07, 6.45) is -0.856. The van der Waals surface area contributed by atoms with Crippen LogP contribution < -0.4 is 5.32 Å². The fourth-order valence-corrected chi connectivity index (χ4v) is 0.575. The maximum absolute atomic E-state index is 10.7. The number of carbonyl (C=O) groups is 2. The van der Waals surface area contributed by atoms with Crippen molar-refractivity contribution in [2.45, 2.75) is 6.04 Å². The van der Waals surface area contributed by atoms with E-state index in [4.69, 9.17) is 5.11 Å². The van der Waals surface area contributed by atoms with Crippen molar-refractivity contribution in [1.29, 1.82) is 0 Å². The Hall–Kier alpha value is -1.72. The summed E-state index contributed by atoms with van der Waals surface area (Å²) in [5, 5.41) is 10.6. The van der Waals surface area contributed by atoms with E-state index >= 15 is 0 Å². The fourth-order valence-electron chi connectivity index (χ4n) is 0.575. The molecule has 0 aliphatic heterocycles. The maximum atomic E-state index is 10.7. The molecule has 0 saturated carbocycles. The minimum Gasteiger partial charge on any atom is -0.499 e. The van der Waals surface area contributed by atoms with Crippen LogP contribution in [-0.2, 0) is 14.3 Å². The van der Waals surface area contributed by atoms with Gasteiger partial charge in [0.2, 0.25) is 0 Å². The van der Waals surface area contributed by atoms with Gasteiger partial charge in [0.25, 0.3) is 0 Å². The molecule has 0 saturated heterocycles. The van der Waals surface area contributed by atoms with Gasteiger partial charge in [-0.15, -0.1) is 0 Å². The number of nitrogens with one attached hydrogen (secondary N) is 1. The van der Waals surface area contributed by atoms with Crippen LogP contribution in [-0.4, -0.2) is 37.4 Å². The SMILES string of the molecule is C=C(OC)C(NC(=O)OC)C(=O)O. The Morgan fingerprint density at radius 2 is 1.92 bits per heavy atom. The molecule has 0 bridgehead atoms. The summed E-state index contributed by atoms with van der Waals surface area (Å²) in [6, 6.07) is -1.29. The number of hydrogen-bond donors (Lipinski definition) is 2. The maximum Gasteiger partial charge on any atom is 0.407 e. The summed E-state index contributed by atoms with van der Waals surface area (Å²) >= 11 is 0. The molecule has 0 radical (unpaired) electrons. The molecule has 0 rings (SSSR count). The molecule has 0 aromatic rings. The number of carboxylic acids is 1. The van der Waals surface area contributed by atoms with Crippen LogP contribution in [0.3, 0.4) is 0 Å². The largest absolute Gasteiger partial charge is 0.499 e. The first-order valence-corrected chi connectivity index (χ1v) is 3.33. The summed E-state index contributed by atoms with van der Waals surface area (Å²) in [5.41, 5.74) is 0. The number of hydrogen-bond acceptors (Lipinski definition) is 4. The quantitative estimate of drug-likeness (QED) is 0.606. The van der Waals surface area contributed by atoms with Crippen LogP contribution in [0.2, 0.25) is 0 Å². The average molecular weight is 189 g/mol. The zero-order valence-electron chi connectivity index (χ0n) is 7.36. The highest BCUT2D eigenvalue weighted by atomic mass is 16.5. The molecule has 0 heterocycles. The van der Waals surface area contributed by atoms with Crippen molar-refractivity contribution in [2.24, 2.45) is 0 Å². The second kappa shape index (κ2) is 5.02. The lowest BCUT2D eigenvalue weighted by molar-refractivity contribution is -0.139. The van der Waals surface area contributed by atoms with Crippen LogP contribution in [0.1, 0.15) is 0 Å². The van der Waals surface area contributed by atoms with Crippen LogP contribution in [0, 0.1) is 0 Å². The lowest BCUT2D eigenvalue weighted by Crippen LogP contribution is -2.42. The summed E-state index contributed by atoms with van der Waals surface area (Å²) in [5.74, 6) is -1.34. The number of rotatable bonds is 4. The summed E-state index contributed by atoms with van der Waals surface area (Å²) in [7, 11) is 2.39. The molecular weight excluding hydrogens is 178 g/mol. The lowest BCUT2D eigenvalue weighted by Gasteiger charge is -2.14. The van der Waals surface area contributed by atoms with Crippen LogP contribution >= 0.6 is 0 Å². The van der Waals surface area contributed by atoms with Gasteiger partial charge in [-0.05, 0) is 0 Å². The second-order valence-corrected chi connectivity index (χ2v) is 2.08. The molecule has 13 heavy (non-hydrogen) atoms. The highest BCUT2D eigenvalue weighted by Gasteiger charge is 2.24. The van der Waals surface area contributed by atoms with Gasteiger partial charge in [-0.2, -0.15) is 0 Å². The highest BCUT2D eigenvalue weighted by molar-refractivity contribution is 5.82. The molecule has 1 atom stereocenters. The Morgan fingerprint density at radius 1 is 1.38 bits per heavy atom. The van der Waals surface area contributed by atoms with E-state index in [0.29, 0.717) is 0 Å².